The maximum atomic E-state index is 5.65. The quantitative estimate of drug-likeness (QED) is 0.621. The first-order valence-electron chi connectivity index (χ1n) is 4.91. The minimum atomic E-state index is 0.262. The average Bonchev–Trinajstić information content (AvgIpc) is 2.76. The third-order valence-electron chi connectivity index (χ3n) is 2.41. The number of nitrogen functional groups attached to an aromatic ring is 2. The van der Waals surface area contributed by atoms with E-state index < -0.39 is 0 Å². The van der Waals surface area contributed by atoms with Crippen molar-refractivity contribution in [1.29, 1.82) is 0 Å². The predicted molar refractivity (Wildman–Crippen MR) is 62.8 cm³/mol. The number of hydrogen-bond acceptors (Lipinski definition) is 6. The molecule has 3 rings (SSSR count). The van der Waals surface area contributed by atoms with Gasteiger partial charge in [0.15, 0.2) is 11.6 Å². The number of nitrogens with two attached hydrogens (primary N) is 2. The van der Waals surface area contributed by atoms with Gasteiger partial charge in [-0.3, -0.25) is 4.98 Å². The van der Waals surface area contributed by atoms with Crippen molar-refractivity contribution in [3.8, 4) is 11.4 Å². The van der Waals surface area contributed by atoms with E-state index in [9.17, 15) is 0 Å². The normalized spacial score (nSPS) is 10.8. The van der Waals surface area contributed by atoms with Crippen LogP contribution in [0.3, 0.4) is 0 Å². The number of fused-ring (bicyclic) bond motifs is 1. The Kier molecular flexibility index (Phi) is 1.91. The zero-order chi connectivity index (χ0) is 11.8. The summed E-state index contributed by atoms with van der Waals surface area (Å²) in [5, 5.41) is 4.17. The summed E-state index contributed by atoms with van der Waals surface area (Å²) in [6.07, 6.45) is 8.25. The lowest BCUT2D eigenvalue weighted by Gasteiger charge is -2.01. The van der Waals surface area contributed by atoms with E-state index in [0.717, 1.165) is 11.1 Å². The Labute approximate surface area is 96.1 Å². The van der Waals surface area contributed by atoms with Gasteiger partial charge in [-0.25, -0.2) is 14.5 Å². The van der Waals surface area contributed by atoms with E-state index in [1.807, 2.05) is 0 Å². The standard InChI is InChI=1S/C10H9N7/c11-7-4-14-10(16-9(7)12)6-3-15-17-2-1-13-5-8(6)17/h1-5H,11H2,(H2,12,14,16). The molecule has 84 valence electrons. The molecule has 0 saturated carbocycles. The Morgan fingerprint density at radius 3 is 2.82 bits per heavy atom. The van der Waals surface area contributed by atoms with Crippen LogP contribution >= 0.6 is 0 Å². The van der Waals surface area contributed by atoms with Gasteiger partial charge in [0.1, 0.15) is 0 Å². The first-order valence-corrected chi connectivity index (χ1v) is 4.91. The molecule has 7 heteroatoms. The second kappa shape index (κ2) is 3.41. The summed E-state index contributed by atoms with van der Waals surface area (Å²) in [5.74, 6) is 0.748. The molecule has 0 fully saturated rings. The number of hydrogen-bond donors (Lipinski definition) is 2. The van der Waals surface area contributed by atoms with Crippen molar-refractivity contribution in [2.24, 2.45) is 0 Å². The van der Waals surface area contributed by atoms with E-state index in [0.29, 0.717) is 11.5 Å². The van der Waals surface area contributed by atoms with E-state index in [1.165, 1.54) is 6.20 Å². The topological polar surface area (TPSA) is 108 Å². The Hall–Kier alpha value is -2.70. The van der Waals surface area contributed by atoms with Crippen LogP contribution in [0.15, 0.2) is 31.0 Å². The summed E-state index contributed by atoms with van der Waals surface area (Å²) < 4.78 is 1.69. The zero-order valence-electron chi connectivity index (χ0n) is 8.78. The average molecular weight is 227 g/mol. The molecule has 0 amide bonds. The van der Waals surface area contributed by atoms with Gasteiger partial charge < -0.3 is 11.5 Å². The van der Waals surface area contributed by atoms with Crippen molar-refractivity contribution in [1.82, 2.24) is 24.6 Å². The van der Waals surface area contributed by atoms with E-state index in [1.54, 1.807) is 29.3 Å². The molecule has 3 heterocycles. The fourth-order valence-corrected chi connectivity index (χ4v) is 1.54. The van der Waals surface area contributed by atoms with Gasteiger partial charge >= 0.3 is 0 Å². The monoisotopic (exact) mass is 227 g/mol. The second-order valence-corrected chi connectivity index (χ2v) is 3.50. The molecule has 0 spiro atoms. The first kappa shape index (κ1) is 9.52. The minimum absolute atomic E-state index is 0.262. The van der Waals surface area contributed by atoms with Crippen molar-refractivity contribution in [3.63, 3.8) is 0 Å². The Bertz CT molecular complexity index is 688. The second-order valence-electron chi connectivity index (χ2n) is 3.50. The smallest absolute Gasteiger partial charge is 0.165 e. The molecule has 4 N–H and O–H groups in total. The molecule has 0 aliphatic heterocycles. The van der Waals surface area contributed by atoms with Crippen LogP contribution in [0.1, 0.15) is 0 Å². The molecule has 3 aromatic rings. The molecule has 0 atom stereocenters. The highest BCUT2D eigenvalue weighted by atomic mass is 15.2. The molecule has 7 nitrogen and oxygen atoms in total. The van der Waals surface area contributed by atoms with Crippen LogP contribution in [-0.2, 0) is 0 Å². The Morgan fingerprint density at radius 1 is 1.12 bits per heavy atom. The number of rotatable bonds is 1. The van der Waals surface area contributed by atoms with Crippen molar-refractivity contribution in [3.05, 3.63) is 31.0 Å². The fourth-order valence-electron chi connectivity index (χ4n) is 1.54. The molecule has 0 aliphatic carbocycles. The Balaban J connectivity index is 2.24. The van der Waals surface area contributed by atoms with Gasteiger partial charge in [0.25, 0.3) is 0 Å². The first-order chi connectivity index (χ1) is 8.25. The van der Waals surface area contributed by atoms with E-state index in [4.69, 9.17) is 11.5 Å². The van der Waals surface area contributed by atoms with Gasteiger partial charge in [-0.05, 0) is 0 Å². The lowest BCUT2D eigenvalue weighted by Crippen LogP contribution is -2.00. The van der Waals surface area contributed by atoms with E-state index >= 15 is 0 Å². The van der Waals surface area contributed by atoms with Gasteiger partial charge in [-0.1, -0.05) is 0 Å². The molecular weight excluding hydrogens is 218 g/mol. The molecule has 0 bridgehead atoms. The van der Waals surface area contributed by atoms with Crippen molar-refractivity contribution >= 4 is 17.0 Å². The summed E-state index contributed by atoms with van der Waals surface area (Å²) in [6.45, 7) is 0. The van der Waals surface area contributed by atoms with Crippen LogP contribution in [0.25, 0.3) is 16.9 Å². The molecular formula is C10H9N7. The lowest BCUT2D eigenvalue weighted by molar-refractivity contribution is 0.946. The third-order valence-corrected chi connectivity index (χ3v) is 2.41. The largest absolute Gasteiger partial charge is 0.394 e. The van der Waals surface area contributed by atoms with Crippen molar-refractivity contribution < 1.29 is 0 Å². The summed E-state index contributed by atoms with van der Waals surface area (Å²) in [5.41, 5.74) is 13.2. The van der Waals surface area contributed by atoms with Crippen LogP contribution in [0, 0.1) is 0 Å². The van der Waals surface area contributed by atoms with Gasteiger partial charge in [-0.15, -0.1) is 0 Å². The third kappa shape index (κ3) is 1.44. The van der Waals surface area contributed by atoms with E-state index in [2.05, 4.69) is 20.1 Å². The Morgan fingerprint density at radius 2 is 2.00 bits per heavy atom. The van der Waals surface area contributed by atoms with Crippen LogP contribution < -0.4 is 11.5 Å². The van der Waals surface area contributed by atoms with Crippen LogP contribution in [0.4, 0.5) is 11.5 Å². The number of nitrogens with zero attached hydrogens (tertiary/aromatic N) is 5. The molecule has 0 aliphatic rings. The number of aromatic nitrogens is 5. The fraction of sp³-hybridized carbons (Fsp3) is 0. The van der Waals surface area contributed by atoms with Crippen molar-refractivity contribution in [2.45, 2.75) is 0 Å². The summed E-state index contributed by atoms with van der Waals surface area (Å²) in [7, 11) is 0. The maximum Gasteiger partial charge on any atom is 0.165 e. The van der Waals surface area contributed by atoms with Crippen LogP contribution in [0.2, 0.25) is 0 Å². The summed E-state index contributed by atoms with van der Waals surface area (Å²) in [4.78, 5) is 12.3. The molecule has 0 aromatic carbocycles. The highest BCUT2D eigenvalue weighted by Crippen LogP contribution is 2.22. The van der Waals surface area contributed by atoms with Crippen LogP contribution in [0.5, 0.6) is 0 Å². The predicted octanol–water partition coefficient (Wildman–Crippen LogP) is 0.351. The van der Waals surface area contributed by atoms with Gasteiger partial charge in [0.05, 0.1) is 35.4 Å². The van der Waals surface area contributed by atoms with Crippen LogP contribution in [-0.4, -0.2) is 24.6 Å². The van der Waals surface area contributed by atoms with Crippen molar-refractivity contribution in [2.75, 3.05) is 11.5 Å². The number of anilines is 2. The minimum Gasteiger partial charge on any atom is -0.394 e. The molecule has 17 heavy (non-hydrogen) atoms. The molecule has 0 saturated heterocycles. The van der Waals surface area contributed by atoms with E-state index in [-0.39, 0.29) is 5.82 Å². The van der Waals surface area contributed by atoms with Gasteiger partial charge in [0, 0.05) is 12.4 Å². The summed E-state index contributed by atoms with van der Waals surface area (Å²) >= 11 is 0. The molecule has 0 radical (unpaired) electrons. The highest BCUT2D eigenvalue weighted by molar-refractivity contribution is 5.76. The highest BCUT2D eigenvalue weighted by Gasteiger charge is 2.10. The lowest BCUT2D eigenvalue weighted by atomic mass is 10.2. The summed E-state index contributed by atoms with van der Waals surface area (Å²) in [6, 6.07) is 0. The molecule has 3 aromatic heterocycles. The van der Waals surface area contributed by atoms with Gasteiger partial charge in [-0.2, -0.15) is 5.10 Å². The van der Waals surface area contributed by atoms with Gasteiger partial charge in [0.2, 0.25) is 0 Å². The molecule has 0 unspecified atom stereocenters. The SMILES string of the molecule is Nc1cnc(-c2cnn3ccncc23)nc1N. The zero-order valence-corrected chi connectivity index (χ0v) is 8.78. The maximum absolute atomic E-state index is 5.65.